The van der Waals surface area contributed by atoms with Crippen LogP contribution in [0.25, 0.3) is 0 Å². The van der Waals surface area contributed by atoms with E-state index < -0.39 is 28.5 Å². The van der Waals surface area contributed by atoms with Crippen LogP contribution in [0.1, 0.15) is 26.3 Å². The van der Waals surface area contributed by atoms with Gasteiger partial charge in [-0.1, -0.05) is 60.8 Å². The van der Waals surface area contributed by atoms with E-state index >= 15 is 0 Å². The Bertz CT molecular complexity index is 1140. The van der Waals surface area contributed by atoms with Gasteiger partial charge in [-0.25, -0.2) is 8.42 Å². The number of halogens is 3. The lowest BCUT2D eigenvalue weighted by molar-refractivity contribution is -0.139. The molecule has 2 rings (SSSR count). The molecule has 0 radical (unpaired) electrons. The molecule has 0 aliphatic rings. The number of hydrogen-bond donors (Lipinski definition) is 1. The van der Waals surface area contributed by atoms with Gasteiger partial charge in [-0.15, -0.1) is 0 Å². The highest BCUT2D eigenvalue weighted by Crippen LogP contribution is 2.31. The van der Waals surface area contributed by atoms with Crippen molar-refractivity contribution in [3.63, 3.8) is 0 Å². The van der Waals surface area contributed by atoms with E-state index in [1.54, 1.807) is 31.2 Å². The molecule has 34 heavy (non-hydrogen) atoms. The van der Waals surface area contributed by atoms with Crippen molar-refractivity contribution >= 4 is 62.3 Å². The minimum absolute atomic E-state index is 0.0521. The Labute approximate surface area is 216 Å². The van der Waals surface area contributed by atoms with E-state index in [4.69, 9.17) is 34.8 Å². The fourth-order valence-electron chi connectivity index (χ4n) is 3.14. The number of sulfonamides is 1. The summed E-state index contributed by atoms with van der Waals surface area (Å²) in [6.07, 6.45) is 0.970. The molecule has 0 aromatic heterocycles. The number of rotatable bonds is 10. The van der Waals surface area contributed by atoms with Crippen LogP contribution in [0.4, 0.5) is 5.69 Å². The summed E-state index contributed by atoms with van der Waals surface area (Å²) in [5.74, 6) is -0.719. The van der Waals surface area contributed by atoms with Crippen molar-refractivity contribution in [1.82, 2.24) is 10.2 Å². The number of hydrogen-bond acceptors (Lipinski definition) is 4. The first-order valence-corrected chi connectivity index (χ1v) is 13.5. The van der Waals surface area contributed by atoms with Crippen LogP contribution in [-0.2, 0) is 26.2 Å². The minimum Gasteiger partial charge on any atom is -0.354 e. The highest BCUT2D eigenvalue weighted by atomic mass is 35.5. The second-order valence-electron chi connectivity index (χ2n) is 8.33. The van der Waals surface area contributed by atoms with Gasteiger partial charge in [-0.3, -0.25) is 13.9 Å². The number of nitrogens with zero attached hydrogens (tertiary/aromatic N) is 2. The first-order valence-electron chi connectivity index (χ1n) is 10.5. The molecule has 0 bridgehead atoms. The highest BCUT2D eigenvalue weighted by molar-refractivity contribution is 7.92. The fourth-order valence-corrected chi connectivity index (χ4v) is 4.64. The monoisotopic (exact) mass is 547 g/mol. The molecule has 186 valence electrons. The maximum Gasteiger partial charge on any atom is 0.244 e. The molecule has 0 spiro atoms. The van der Waals surface area contributed by atoms with Crippen molar-refractivity contribution in [1.29, 1.82) is 0 Å². The molecular formula is C23H28Cl3N3O4S. The van der Waals surface area contributed by atoms with Crippen LogP contribution >= 0.6 is 34.8 Å². The van der Waals surface area contributed by atoms with Gasteiger partial charge in [0.15, 0.2) is 0 Å². The maximum atomic E-state index is 13.5. The summed E-state index contributed by atoms with van der Waals surface area (Å²) >= 11 is 18.4. The second-order valence-corrected chi connectivity index (χ2v) is 11.5. The van der Waals surface area contributed by atoms with Crippen LogP contribution in [0, 0.1) is 5.92 Å². The average molecular weight is 549 g/mol. The molecule has 0 aliphatic heterocycles. The number of nitrogens with one attached hydrogen (secondary N) is 1. The largest absolute Gasteiger partial charge is 0.354 e. The van der Waals surface area contributed by atoms with Gasteiger partial charge in [0.05, 0.1) is 17.0 Å². The maximum absolute atomic E-state index is 13.5. The van der Waals surface area contributed by atoms with E-state index in [0.717, 1.165) is 10.6 Å². The van der Waals surface area contributed by atoms with Crippen molar-refractivity contribution in [2.45, 2.75) is 33.4 Å². The van der Waals surface area contributed by atoms with Crippen LogP contribution in [0.15, 0.2) is 42.5 Å². The molecule has 0 saturated carbocycles. The quantitative estimate of drug-likeness (QED) is 0.470. The third kappa shape index (κ3) is 8.05. The molecule has 1 atom stereocenters. The molecule has 0 saturated heterocycles. The summed E-state index contributed by atoms with van der Waals surface area (Å²) in [7, 11) is -3.91. The molecule has 2 aromatic rings. The fraction of sp³-hybridized carbons (Fsp3) is 0.391. The molecule has 2 aromatic carbocycles. The third-order valence-corrected chi connectivity index (χ3v) is 6.87. The Morgan fingerprint density at radius 2 is 1.65 bits per heavy atom. The van der Waals surface area contributed by atoms with Gasteiger partial charge in [-0.2, -0.15) is 0 Å². The normalized spacial score (nSPS) is 12.4. The van der Waals surface area contributed by atoms with Crippen molar-refractivity contribution in [2.75, 3.05) is 23.7 Å². The van der Waals surface area contributed by atoms with Gasteiger partial charge in [0.25, 0.3) is 0 Å². The lowest BCUT2D eigenvalue weighted by Crippen LogP contribution is -2.51. The zero-order chi connectivity index (χ0) is 25.6. The number of benzene rings is 2. The van der Waals surface area contributed by atoms with Gasteiger partial charge in [0.2, 0.25) is 21.8 Å². The molecule has 1 N–H and O–H groups in total. The predicted molar refractivity (Wildman–Crippen MR) is 138 cm³/mol. The Kier molecular flexibility index (Phi) is 10.1. The predicted octanol–water partition coefficient (Wildman–Crippen LogP) is 4.60. The van der Waals surface area contributed by atoms with Crippen LogP contribution in [0.2, 0.25) is 15.1 Å². The molecule has 0 aliphatic carbocycles. The topological polar surface area (TPSA) is 86.8 Å². The SMILES string of the molecule is CC(C)CNC(=O)[C@H](C)N(Cc1cccc(Cl)c1)C(=O)CN(c1cc(Cl)ccc1Cl)S(C)(=O)=O. The van der Waals surface area contributed by atoms with Gasteiger partial charge in [-0.05, 0) is 48.7 Å². The van der Waals surface area contributed by atoms with E-state index in [1.807, 2.05) is 13.8 Å². The second kappa shape index (κ2) is 12.1. The molecule has 7 nitrogen and oxygen atoms in total. The zero-order valence-electron chi connectivity index (χ0n) is 19.4. The highest BCUT2D eigenvalue weighted by Gasteiger charge is 2.31. The van der Waals surface area contributed by atoms with Crippen LogP contribution in [-0.4, -0.2) is 50.5 Å². The third-order valence-electron chi connectivity index (χ3n) is 4.95. The van der Waals surface area contributed by atoms with Crippen molar-refractivity contribution in [3.8, 4) is 0 Å². The van der Waals surface area contributed by atoms with Crippen molar-refractivity contribution < 1.29 is 18.0 Å². The number of carbonyl (C=O) groups excluding carboxylic acids is 2. The Morgan fingerprint density at radius 1 is 1.00 bits per heavy atom. The first-order chi connectivity index (χ1) is 15.8. The van der Waals surface area contributed by atoms with Crippen molar-refractivity contribution in [2.24, 2.45) is 5.92 Å². The summed E-state index contributed by atoms with van der Waals surface area (Å²) < 4.78 is 26.1. The zero-order valence-corrected chi connectivity index (χ0v) is 22.5. The molecule has 0 unspecified atom stereocenters. The minimum atomic E-state index is -3.91. The van der Waals surface area contributed by atoms with Crippen LogP contribution in [0.3, 0.4) is 0 Å². The Hall–Kier alpha value is -2.00. The van der Waals surface area contributed by atoms with Gasteiger partial charge >= 0.3 is 0 Å². The van der Waals surface area contributed by atoms with E-state index in [-0.39, 0.29) is 34.1 Å². The lowest BCUT2D eigenvalue weighted by atomic mass is 10.1. The average Bonchev–Trinajstić information content (AvgIpc) is 2.74. The van der Waals surface area contributed by atoms with Crippen LogP contribution < -0.4 is 9.62 Å². The molecule has 0 fully saturated rings. The first kappa shape index (κ1) is 28.2. The van der Waals surface area contributed by atoms with E-state index in [2.05, 4.69) is 5.32 Å². The molecule has 11 heteroatoms. The van der Waals surface area contributed by atoms with E-state index in [1.165, 1.54) is 23.1 Å². The van der Waals surface area contributed by atoms with Crippen LogP contribution in [0.5, 0.6) is 0 Å². The summed E-state index contributed by atoms with van der Waals surface area (Å²) in [5, 5.41) is 3.67. The Balaban J connectivity index is 2.41. The van der Waals surface area contributed by atoms with E-state index in [9.17, 15) is 18.0 Å². The summed E-state index contributed by atoms with van der Waals surface area (Å²) in [6.45, 7) is 5.43. The standard InChI is InChI=1S/C23H28Cl3N3O4S/c1-15(2)12-27-23(31)16(3)28(13-17-6-5-7-18(24)10-17)22(30)14-29(34(4,32)33)21-11-19(25)8-9-20(21)26/h5-11,15-16H,12-14H2,1-4H3,(H,27,31)/t16-/m0/s1. The Morgan fingerprint density at radius 3 is 2.24 bits per heavy atom. The molecule has 0 heterocycles. The summed E-state index contributed by atoms with van der Waals surface area (Å²) in [6, 6.07) is 10.4. The summed E-state index contributed by atoms with van der Waals surface area (Å²) in [5.41, 5.74) is 0.765. The summed E-state index contributed by atoms with van der Waals surface area (Å²) in [4.78, 5) is 27.6. The van der Waals surface area contributed by atoms with Gasteiger partial charge < -0.3 is 10.2 Å². The molecule has 2 amide bonds. The van der Waals surface area contributed by atoms with E-state index in [0.29, 0.717) is 17.1 Å². The lowest BCUT2D eigenvalue weighted by Gasteiger charge is -2.32. The number of carbonyl (C=O) groups is 2. The van der Waals surface area contributed by atoms with Gasteiger partial charge in [0.1, 0.15) is 12.6 Å². The van der Waals surface area contributed by atoms with Gasteiger partial charge in [0, 0.05) is 23.1 Å². The number of anilines is 1. The van der Waals surface area contributed by atoms with Crippen molar-refractivity contribution in [3.05, 3.63) is 63.1 Å². The molecular weight excluding hydrogens is 521 g/mol. The smallest absolute Gasteiger partial charge is 0.244 e. The number of amides is 2.